The molecule has 0 bridgehead atoms. The average molecular weight is 288 g/mol. The molecule has 0 aliphatic heterocycles. The number of hydrogen-bond acceptors (Lipinski definition) is 4. The number of aromatic hydroxyl groups is 1. The number of nitrogens with one attached hydrogen (secondary N) is 1. The first kappa shape index (κ1) is 13.6. The van der Waals surface area contributed by atoms with Crippen molar-refractivity contribution in [1.82, 2.24) is 4.98 Å². The number of hydrogen-bond donors (Lipinski definition) is 2. The van der Waals surface area contributed by atoms with E-state index in [1.54, 1.807) is 12.1 Å². The van der Waals surface area contributed by atoms with Gasteiger partial charge in [0.05, 0.1) is 0 Å². The fourth-order valence-electron chi connectivity index (χ4n) is 2.95. The second kappa shape index (κ2) is 5.92. The molecule has 1 aliphatic carbocycles. The topological polar surface area (TPSA) is 45.2 Å². The van der Waals surface area contributed by atoms with Crippen molar-refractivity contribution in [3.63, 3.8) is 0 Å². The Bertz CT molecular complexity index is 602. The molecule has 2 N–H and O–H groups in total. The molecule has 2 atom stereocenters. The zero-order valence-electron chi connectivity index (χ0n) is 11.7. The number of benzene rings is 1. The minimum Gasteiger partial charge on any atom is -0.508 e. The van der Waals surface area contributed by atoms with Gasteiger partial charge in [0.25, 0.3) is 0 Å². The van der Waals surface area contributed by atoms with E-state index in [1.807, 2.05) is 30.1 Å². The number of anilines is 1. The van der Waals surface area contributed by atoms with Crippen molar-refractivity contribution < 1.29 is 5.11 Å². The Labute approximate surface area is 123 Å². The maximum atomic E-state index is 9.68. The highest BCUT2D eigenvalue weighted by atomic mass is 32.2. The normalized spacial score (nSPS) is 22.9. The van der Waals surface area contributed by atoms with Crippen LogP contribution in [0.2, 0.25) is 0 Å². The highest BCUT2D eigenvalue weighted by Gasteiger charge is 2.21. The smallest absolute Gasteiger partial charge is 0.134 e. The molecule has 0 saturated heterocycles. The Morgan fingerprint density at radius 2 is 2.20 bits per heavy atom. The standard InChI is InChI=1S/C16H20N2OS/c1-20-14-4-2-3-12(9-14)18-16-15-10-13(19)6-5-11(15)7-8-17-16/h5-8,10,12,14,19H,2-4,9H2,1H3,(H,17,18). The Balaban J connectivity index is 1.85. The van der Waals surface area contributed by atoms with Gasteiger partial charge in [0.2, 0.25) is 0 Å². The lowest BCUT2D eigenvalue weighted by atomic mass is 9.95. The molecule has 106 valence electrons. The van der Waals surface area contributed by atoms with E-state index in [0.29, 0.717) is 11.8 Å². The molecule has 0 spiro atoms. The Morgan fingerprint density at radius 3 is 3.05 bits per heavy atom. The quantitative estimate of drug-likeness (QED) is 0.895. The van der Waals surface area contributed by atoms with Crippen molar-refractivity contribution in [3.8, 4) is 5.75 Å². The first-order chi connectivity index (χ1) is 9.76. The molecule has 3 rings (SSSR count). The second-order valence-electron chi connectivity index (χ2n) is 5.43. The third kappa shape index (κ3) is 2.85. The third-order valence-electron chi connectivity index (χ3n) is 4.05. The summed E-state index contributed by atoms with van der Waals surface area (Å²) >= 11 is 1.97. The summed E-state index contributed by atoms with van der Waals surface area (Å²) in [4.78, 5) is 4.46. The molecule has 1 fully saturated rings. The van der Waals surface area contributed by atoms with Gasteiger partial charge < -0.3 is 10.4 Å². The maximum Gasteiger partial charge on any atom is 0.134 e. The Morgan fingerprint density at radius 1 is 1.30 bits per heavy atom. The molecule has 0 amide bonds. The number of nitrogens with zero attached hydrogens (tertiary/aromatic N) is 1. The number of pyridine rings is 1. The highest BCUT2D eigenvalue weighted by molar-refractivity contribution is 7.99. The van der Waals surface area contributed by atoms with Gasteiger partial charge in [-0.05, 0) is 49.1 Å². The summed E-state index contributed by atoms with van der Waals surface area (Å²) in [5.41, 5.74) is 0. The van der Waals surface area contributed by atoms with Gasteiger partial charge in [0, 0.05) is 22.9 Å². The molecule has 1 aromatic heterocycles. The van der Waals surface area contributed by atoms with Crippen LogP contribution in [0.5, 0.6) is 5.75 Å². The summed E-state index contributed by atoms with van der Waals surface area (Å²) in [5, 5.41) is 16.1. The van der Waals surface area contributed by atoms with E-state index in [9.17, 15) is 5.11 Å². The van der Waals surface area contributed by atoms with Crippen molar-refractivity contribution in [2.75, 3.05) is 11.6 Å². The van der Waals surface area contributed by atoms with E-state index < -0.39 is 0 Å². The zero-order valence-corrected chi connectivity index (χ0v) is 12.5. The van der Waals surface area contributed by atoms with E-state index in [4.69, 9.17) is 0 Å². The lowest BCUT2D eigenvalue weighted by molar-refractivity contribution is 0.472. The first-order valence-corrected chi connectivity index (χ1v) is 8.42. The number of phenolic OH excluding ortho intramolecular Hbond substituents is 1. The monoisotopic (exact) mass is 288 g/mol. The average Bonchev–Trinajstić information content (AvgIpc) is 2.48. The van der Waals surface area contributed by atoms with E-state index in [-0.39, 0.29) is 0 Å². The molecule has 4 heteroatoms. The predicted molar refractivity (Wildman–Crippen MR) is 86.6 cm³/mol. The molecule has 1 aromatic carbocycles. The van der Waals surface area contributed by atoms with Crippen LogP contribution in [-0.4, -0.2) is 27.6 Å². The van der Waals surface area contributed by atoms with Crippen LogP contribution in [0.1, 0.15) is 25.7 Å². The molecule has 1 aliphatic rings. The lowest BCUT2D eigenvalue weighted by Gasteiger charge is -2.29. The summed E-state index contributed by atoms with van der Waals surface area (Å²) in [5.74, 6) is 1.18. The SMILES string of the molecule is CSC1CCCC(Nc2nccc3ccc(O)cc23)C1. The van der Waals surface area contributed by atoms with Crippen LogP contribution in [0.3, 0.4) is 0 Å². The van der Waals surface area contributed by atoms with Crippen LogP contribution in [0.4, 0.5) is 5.82 Å². The van der Waals surface area contributed by atoms with Gasteiger partial charge in [-0.2, -0.15) is 11.8 Å². The third-order valence-corrected chi connectivity index (χ3v) is 5.14. The van der Waals surface area contributed by atoms with Gasteiger partial charge in [-0.25, -0.2) is 4.98 Å². The molecule has 1 saturated carbocycles. The number of rotatable bonds is 3. The Kier molecular flexibility index (Phi) is 4.01. The highest BCUT2D eigenvalue weighted by Crippen LogP contribution is 2.31. The number of aromatic nitrogens is 1. The molecule has 2 unspecified atom stereocenters. The lowest BCUT2D eigenvalue weighted by Crippen LogP contribution is -2.28. The van der Waals surface area contributed by atoms with Gasteiger partial charge in [-0.1, -0.05) is 12.5 Å². The molecule has 2 aromatic rings. The second-order valence-corrected chi connectivity index (χ2v) is 6.57. The van der Waals surface area contributed by atoms with Crippen molar-refractivity contribution >= 4 is 28.4 Å². The fraction of sp³-hybridized carbons (Fsp3) is 0.438. The van der Waals surface area contributed by atoms with Gasteiger partial charge in [-0.15, -0.1) is 0 Å². The molecular formula is C16H20N2OS. The number of fused-ring (bicyclic) bond motifs is 1. The van der Waals surface area contributed by atoms with Crippen molar-refractivity contribution in [1.29, 1.82) is 0 Å². The molecular weight excluding hydrogens is 268 g/mol. The summed E-state index contributed by atoms with van der Waals surface area (Å²) in [6, 6.07) is 7.91. The number of thioether (sulfide) groups is 1. The van der Waals surface area contributed by atoms with Crippen LogP contribution < -0.4 is 5.32 Å². The molecule has 20 heavy (non-hydrogen) atoms. The first-order valence-electron chi connectivity index (χ1n) is 7.13. The molecule has 1 heterocycles. The van der Waals surface area contributed by atoms with Gasteiger partial charge >= 0.3 is 0 Å². The van der Waals surface area contributed by atoms with Crippen LogP contribution in [-0.2, 0) is 0 Å². The van der Waals surface area contributed by atoms with E-state index >= 15 is 0 Å². The fourth-order valence-corrected chi connectivity index (χ4v) is 3.78. The summed E-state index contributed by atoms with van der Waals surface area (Å²) < 4.78 is 0. The van der Waals surface area contributed by atoms with E-state index in [0.717, 1.165) is 21.8 Å². The minimum atomic E-state index is 0.291. The van der Waals surface area contributed by atoms with Crippen LogP contribution >= 0.6 is 11.8 Å². The van der Waals surface area contributed by atoms with Gasteiger partial charge in [-0.3, -0.25) is 0 Å². The molecule has 0 radical (unpaired) electrons. The summed E-state index contributed by atoms with van der Waals surface area (Å²) in [6.45, 7) is 0. The number of phenols is 1. The van der Waals surface area contributed by atoms with E-state index in [2.05, 4.69) is 16.6 Å². The largest absolute Gasteiger partial charge is 0.508 e. The zero-order chi connectivity index (χ0) is 13.9. The van der Waals surface area contributed by atoms with Gasteiger partial charge in [0.15, 0.2) is 0 Å². The van der Waals surface area contributed by atoms with Crippen LogP contribution in [0.25, 0.3) is 10.8 Å². The van der Waals surface area contributed by atoms with Gasteiger partial charge in [0.1, 0.15) is 11.6 Å². The van der Waals surface area contributed by atoms with E-state index in [1.165, 1.54) is 25.7 Å². The summed E-state index contributed by atoms with van der Waals surface area (Å²) in [7, 11) is 0. The van der Waals surface area contributed by atoms with Crippen LogP contribution in [0, 0.1) is 0 Å². The van der Waals surface area contributed by atoms with Crippen molar-refractivity contribution in [2.24, 2.45) is 0 Å². The summed E-state index contributed by atoms with van der Waals surface area (Å²) in [6.07, 6.45) is 9.02. The predicted octanol–water partition coefficient (Wildman–Crippen LogP) is 4.03. The van der Waals surface area contributed by atoms with Crippen molar-refractivity contribution in [2.45, 2.75) is 37.0 Å². The maximum absolute atomic E-state index is 9.68. The molecule has 3 nitrogen and oxygen atoms in total. The van der Waals surface area contributed by atoms with Crippen molar-refractivity contribution in [3.05, 3.63) is 30.5 Å². The Hall–Kier alpha value is -1.42. The van der Waals surface area contributed by atoms with Crippen LogP contribution in [0.15, 0.2) is 30.5 Å². The minimum absolute atomic E-state index is 0.291.